The maximum atomic E-state index is 13.0. The normalized spacial score (nSPS) is 23.7. The van der Waals surface area contributed by atoms with E-state index in [2.05, 4.69) is 25.9 Å². The molecule has 0 aliphatic carbocycles. The minimum absolute atomic E-state index is 0.0482. The number of anilines is 1. The number of hydrogen-bond donors (Lipinski definition) is 1. The predicted molar refractivity (Wildman–Crippen MR) is 62.7 cm³/mol. The fourth-order valence-corrected chi connectivity index (χ4v) is 2.18. The number of halogens is 4. The van der Waals surface area contributed by atoms with Gasteiger partial charge in [-0.3, -0.25) is 4.79 Å². The van der Waals surface area contributed by atoms with Gasteiger partial charge in [-0.25, -0.2) is 9.97 Å². The minimum Gasteiger partial charge on any atom is -0.481 e. The third-order valence-electron chi connectivity index (χ3n) is 3.11. The molecule has 104 valence electrons. The van der Waals surface area contributed by atoms with Crippen molar-refractivity contribution >= 4 is 27.8 Å². The van der Waals surface area contributed by atoms with Crippen LogP contribution in [-0.2, 0) is 4.79 Å². The maximum Gasteiger partial charge on any atom is 0.406 e. The van der Waals surface area contributed by atoms with Crippen molar-refractivity contribution in [3.05, 3.63) is 16.9 Å². The Labute approximate surface area is 114 Å². The summed E-state index contributed by atoms with van der Waals surface area (Å²) >= 11 is 3.11. The smallest absolute Gasteiger partial charge is 0.406 e. The van der Waals surface area contributed by atoms with Crippen LogP contribution >= 0.6 is 15.9 Å². The highest BCUT2D eigenvalue weighted by molar-refractivity contribution is 9.10. The molecule has 0 saturated carbocycles. The number of rotatable bonds is 2. The molecule has 2 rings (SSSR count). The van der Waals surface area contributed by atoms with E-state index < -0.39 is 30.5 Å². The third-order valence-corrected chi connectivity index (χ3v) is 3.52. The summed E-state index contributed by atoms with van der Waals surface area (Å²) in [6.07, 6.45) is -2.51. The fraction of sp³-hybridized carbons (Fsp3) is 0.500. The standard InChI is InChI=1S/C10H9BrF3N3O2/c11-6-3-15-8(16-4-6)17-2-1-9(5-17,7(18)19)10(12,13)14/h3-4H,1-2,5H2,(H,18,19). The van der Waals surface area contributed by atoms with Crippen LogP contribution in [0, 0.1) is 5.41 Å². The average molecular weight is 340 g/mol. The molecular weight excluding hydrogens is 331 g/mol. The average Bonchev–Trinajstić information content (AvgIpc) is 2.75. The van der Waals surface area contributed by atoms with Gasteiger partial charge in [0.25, 0.3) is 0 Å². The number of aliphatic carboxylic acids is 1. The largest absolute Gasteiger partial charge is 0.481 e. The molecule has 5 nitrogen and oxygen atoms in total. The zero-order valence-corrected chi connectivity index (χ0v) is 11.1. The van der Waals surface area contributed by atoms with Crippen molar-refractivity contribution < 1.29 is 23.1 Å². The topological polar surface area (TPSA) is 66.3 Å². The highest BCUT2D eigenvalue weighted by atomic mass is 79.9. The van der Waals surface area contributed by atoms with Crippen LogP contribution in [0.3, 0.4) is 0 Å². The molecule has 1 aromatic rings. The molecular formula is C10H9BrF3N3O2. The summed E-state index contributed by atoms with van der Waals surface area (Å²) in [5, 5.41) is 8.91. The fourth-order valence-electron chi connectivity index (χ4n) is 1.98. The molecule has 19 heavy (non-hydrogen) atoms. The monoisotopic (exact) mass is 339 g/mol. The van der Waals surface area contributed by atoms with Crippen molar-refractivity contribution in [1.29, 1.82) is 0 Å². The Bertz CT molecular complexity index is 494. The number of hydrogen-bond acceptors (Lipinski definition) is 4. The highest BCUT2D eigenvalue weighted by Gasteiger charge is 2.64. The van der Waals surface area contributed by atoms with Crippen LogP contribution in [0.5, 0.6) is 0 Å². The first kappa shape index (κ1) is 14.0. The summed E-state index contributed by atoms with van der Waals surface area (Å²) in [5.41, 5.74) is -2.75. The molecule has 0 radical (unpaired) electrons. The van der Waals surface area contributed by atoms with Gasteiger partial charge in [-0.05, 0) is 22.4 Å². The molecule has 1 unspecified atom stereocenters. The van der Waals surface area contributed by atoms with Gasteiger partial charge in [0, 0.05) is 25.5 Å². The second-order valence-corrected chi connectivity index (χ2v) is 5.17. The second-order valence-electron chi connectivity index (χ2n) is 4.26. The lowest BCUT2D eigenvalue weighted by Crippen LogP contribution is -2.47. The Balaban J connectivity index is 2.27. The van der Waals surface area contributed by atoms with Crippen LogP contribution in [0.1, 0.15) is 6.42 Å². The first-order valence-electron chi connectivity index (χ1n) is 5.29. The molecule has 0 amide bonds. The van der Waals surface area contributed by atoms with Crippen LogP contribution in [0.4, 0.5) is 19.1 Å². The van der Waals surface area contributed by atoms with Gasteiger partial charge in [-0.15, -0.1) is 0 Å². The quantitative estimate of drug-likeness (QED) is 0.893. The van der Waals surface area contributed by atoms with E-state index in [9.17, 15) is 18.0 Å². The minimum atomic E-state index is -4.80. The van der Waals surface area contributed by atoms with E-state index in [-0.39, 0.29) is 12.5 Å². The van der Waals surface area contributed by atoms with Crippen molar-refractivity contribution in [2.75, 3.05) is 18.0 Å². The summed E-state index contributed by atoms with van der Waals surface area (Å²) in [5.74, 6) is -1.77. The van der Waals surface area contributed by atoms with Crippen LogP contribution < -0.4 is 4.90 Å². The molecule has 1 fully saturated rings. The SMILES string of the molecule is O=C(O)C1(C(F)(F)F)CCN(c2ncc(Br)cn2)C1. The summed E-state index contributed by atoms with van der Waals surface area (Å²) in [7, 11) is 0. The van der Waals surface area contributed by atoms with Crippen molar-refractivity contribution in [3.63, 3.8) is 0 Å². The van der Waals surface area contributed by atoms with Crippen LogP contribution in [0.15, 0.2) is 16.9 Å². The molecule has 9 heteroatoms. The zero-order chi connectivity index (χ0) is 14.3. The molecule has 1 aliphatic heterocycles. The number of carboxylic acids is 1. The Morgan fingerprint density at radius 2 is 2.00 bits per heavy atom. The van der Waals surface area contributed by atoms with Crippen LogP contribution in [0.25, 0.3) is 0 Å². The third kappa shape index (κ3) is 2.38. The lowest BCUT2D eigenvalue weighted by Gasteiger charge is -2.27. The first-order valence-corrected chi connectivity index (χ1v) is 6.08. The van der Waals surface area contributed by atoms with Gasteiger partial charge in [-0.2, -0.15) is 13.2 Å². The van der Waals surface area contributed by atoms with Gasteiger partial charge in [-0.1, -0.05) is 0 Å². The zero-order valence-electron chi connectivity index (χ0n) is 9.48. The Morgan fingerprint density at radius 1 is 1.42 bits per heavy atom. The summed E-state index contributed by atoms with van der Waals surface area (Å²) in [4.78, 5) is 20.0. The van der Waals surface area contributed by atoms with Gasteiger partial charge in [0.15, 0.2) is 5.41 Å². The van der Waals surface area contributed by atoms with E-state index in [1.165, 1.54) is 17.3 Å². The predicted octanol–water partition coefficient (Wildman–Crippen LogP) is 2.08. The molecule has 0 aromatic carbocycles. The molecule has 0 bridgehead atoms. The van der Waals surface area contributed by atoms with E-state index >= 15 is 0 Å². The first-order chi connectivity index (χ1) is 8.76. The highest BCUT2D eigenvalue weighted by Crippen LogP contribution is 2.46. The van der Waals surface area contributed by atoms with E-state index in [4.69, 9.17) is 5.11 Å². The van der Waals surface area contributed by atoms with Gasteiger partial charge in [0.2, 0.25) is 5.95 Å². The van der Waals surface area contributed by atoms with Gasteiger partial charge >= 0.3 is 12.1 Å². The van der Waals surface area contributed by atoms with E-state index in [0.29, 0.717) is 4.47 Å². The second kappa shape index (κ2) is 4.62. The van der Waals surface area contributed by atoms with E-state index in [1.54, 1.807) is 0 Å². The van der Waals surface area contributed by atoms with Gasteiger partial charge in [0.05, 0.1) is 4.47 Å². The van der Waals surface area contributed by atoms with E-state index in [1.807, 2.05) is 0 Å². The Hall–Kier alpha value is -1.38. The van der Waals surface area contributed by atoms with Crippen molar-refractivity contribution in [3.8, 4) is 0 Å². The van der Waals surface area contributed by atoms with Crippen LogP contribution in [0.2, 0.25) is 0 Å². The summed E-state index contributed by atoms with van der Waals surface area (Å²) in [6.45, 7) is -0.721. The summed E-state index contributed by atoms with van der Waals surface area (Å²) in [6, 6.07) is 0. The Morgan fingerprint density at radius 3 is 2.42 bits per heavy atom. The molecule has 1 atom stereocenters. The number of carbonyl (C=O) groups is 1. The van der Waals surface area contributed by atoms with Gasteiger partial charge < -0.3 is 10.0 Å². The maximum absolute atomic E-state index is 13.0. The number of nitrogens with zero attached hydrogens (tertiary/aromatic N) is 3. The molecule has 2 heterocycles. The molecule has 1 N–H and O–H groups in total. The van der Waals surface area contributed by atoms with Crippen LogP contribution in [-0.4, -0.2) is 40.3 Å². The van der Waals surface area contributed by atoms with E-state index in [0.717, 1.165) is 0 Å². The Kier molecular flexibility index (Phi) is 3.41. The van der Waals surface area contributed by atoms with Crippen molar-refractivity contribution in [2.45, 2.75) is 12.6 Å². The number of alkyl halides is 3. The lowest BCUT2D eigenvalue weighted by atomic mass is 9.86. The van der Waals surface area contributed by atoms with Crippen molar-refractivity contribution in [1.82, 2.24) is 9.97 Å². The number of carboxylic acid groups (broad SMARTS) is 1. The van der Waals surface area contributed by atoms with Crippen molar-refractivity contribution in [2.24, 2.45) is 5.41 Å². The molecule has 0 spiro atoms. The molecule has 1 aromatic heterocycles. The summed E-state index contributed by atoms with van der Waals surface area (Å²) < 4.78 is 39.5. The lowest BCUT2D eigenvalue weighted by molar-refractivity contribution is -0.225. The molecule has 1 aliphatic rings. The molecule has 1 saturated heterocycles. The van der Waals surface area contributed by atoms with Gasteiger partial charge in [0.1, 0.15) is 0 Å². The number of aromatic nitrogens is 2.